The van der Waals surface area contributed by atoms with E-state index < -0.39 is 0 Å². The molecule has 0 radical (unpaired) electrons. The summed E-state index contributed by atoms with van der Waals surface area (Å²) in [6.45, 7) is 1.31. The molecule has 2 N–H and O–H groups in total. The quantitative estimate of drug-likeness (QED) is 0.541. The van der Waals surface area contributed by atoms with E-state index in [1.807, 2.05) is 0 Å². The molecule has 0 saturated heterocycles. The van der Waals surface area contributed by atoms with Crippen molar-refractivity contribution in [3.8, 4) is 0 Å². The summed E-state index contributed by atoms with van der Waals surface area (Å²) in [7, 11) is 0.674. The van der Waals surface area contributed by atoms with Crippen LogP contribution in [0.25, 0.3) is 0 Å². The minimum absolute atomic E-state index is 0.615. The second-order valence-corrected chi connectivity index (χ2v) is 1.67. The van der Waals surface area contributed by atoms with Crippen LogP contribution in [0.15, 0.2) is 4.74 Å². The Kier molecular flexibility index (Phi) is 5.78. The van der Waals surface area contributed by atoms with E-state index in [1.54, 1.807) is 0 Å². The summed E-state index contributed by atoms with van der Waals surface area (Å²) < 4.78 is 3.75. The Balaban J connectivity index is 2.86. The average molecular weight is 121 g/mol. The number of hydrogen-bond donors (Lipinski definition) is 1. The van der Waals surface area contributed by atoms with Gasteiger partial charge < -0.3 is 0 Å². The molecule has 0 atom stereocenters. The van der Waals surface area contributed by atoms with E-state index >= 15 is 0 Å². The molecule has 0 aliphatic carbocycles. The number of rotatable bonds is 2. The molecule has 6 heavy (non-hydrogen) atoms. The van der Waals surface area contributed by atoms with Crippen LogP contribution in [0.3, 0.4) is 0 Å². The van der Waals surface area contributed by atoms with Crippen LogP contribution in [0.2, 0.25) is 0 Å². The van der Waals surface area contributed by atoms with Crippen LogP contribution in [-0.2, 0) is 11.8 Å². The zero-order valence-electron chi connectivity index (χ0n) is 3.29. The second-order valence-electron chi connectivity index (χ2n) is 0.735. The van der Waals surface area contributed by atoms with Gasteiger partial charge in [-0.15, -0.1) is 0 Å². The van der Waals surface area contributed by atoms with Gasteiger partial charge in [-0.2, -0.15) is 0 Å². The normalized spacial score (nSPS) is 7.50. The molecule has 4 heteroatoms. The van der Waals surface area contributed by atoms with Crippen LogP contribution in [0.4, 0.5) is 0 Å². The Hall–Kier alpha value is 0.410. The topological polar surface area (TPSA) is 38.4 Å². The molecule has 0 fully saturated rings. The minimum atomic E-state index is 0.615. The summed E-state index contributed by atoms with van der Waals surface area (Å²) in [5.41, 5.74) is 5.07. The predicted octanol–water partition coefficient (Wildman–Crippen LogP) is 0.537. The third kappa shape index (κ3) is 4.41. The molecule has 34 valence electrons. The van der Waals surface area contributed by atoms with Crippen molar-refractivity contribution >= 4 is 19.0 Å². The summed E-state index contributed by atoms with van der Waals surface area (Å²) in [5, 5.41) is 0. The molecular formula is C2H6N2PS+. The van der Waals surface area contributed by atoms with E-state index in [0.717, 1.165) is 0 Å². The van der Waals surface area contributed by atoms with Crippen molar-refractivity contribution in [2.75, 3.05) is 13.1 Å². The summed E-state index contributed by atoms with van der Waals surface area (Å²) in [6.07, 6.45) is 0. The number of nitrogens with zero attached hydrogens (tertiary/aromatic N) is 1. The van der Waals surface area contributed by atoms with Crippen molar-refractivity contribution in [3.63, 3.8) is 0 Å². The zero-order valence-corrected chi connectivity index (χ0v) is 5.01. The maximum absolute atomic E-state index is 5.07. The first kappa shape index (κ1) is 6.41. The molecule has 0 spiro atoms. The van der Waals surface area contributed by atoms with Gasteiger partial charge in [0, 0.05) is 0 Å². The SMILES string of the molecule is NCCN=[P+]=S. The molecule has 0 bridgehead atoms. The van der Waals surface area contributed by atoms with Gasteiger partial charge in [0.2, 0.25) is 0 Å². The van der Waals surface area contributed by atoms with Crippen LogP contribution >= 0.6 is 7.15 Å². The van der Waals surface area contributed by atoms with Crippen LogP contribution in [0.1, 0.15) is 0 Å². The van der Waals surface area contributed by atoms with Crippen LogP contribution in [0, 0.1) is 0 Å². The van der Waals surface area contributed by atoms with E-state index in [0.29, 0.717) is 20.2 Å². The molecule has 0 heterocycles. The number of nitrogens with two attached hydrogens (primary N) is 1. The summed E-state index contributed by atoms with van der Waals surface area (Å²) in [6, 6.07) is 0. The third-order valence-electron chi connectivity index (χ3n) is 0.287. The fourth-order valence-corrected chi connectivity index (χ4v) is 0.541. The molecule has 0 aromatic carbocycles. The van der Waals surface area contributed by atoms with E-state index in [1.165, 1.54) is 0 Å². The number of hydrogen-bond acceptors (Lipinski definition) is 3. The van der Waals surface area contributed by atoms with Gasteiger partial charge in [-0.25, -0.2) is 0 Å². The van der Waals surface area contributed by atoms with E-state index in [2.05, 4.69) is 16.6 Å². The van der Waals surface area contributed by atoms with Crippen molar-refractivity contribution in [3.05, 3.63) is 0 Å². The first-order chi connectivity index (χ1) is 2.91. The molecule has 0 unspecified atom stereocenters. The molecule has 0 saturated carbocycles. The van der Waals surface area contributed by atoms with Gasteiger partial charge in [-0.3, -0.25) is 0 Å². The molecule has 0 rings (SSSR count). The summed E-state index contributed by atoms with van der Waals surface area (Å²) in [4.78, 5) is 0. The monoisotopic (exact) mass is 121 g/mol. The molecule has 0 aromatic rings. The van der Waals surface area contributed by atoms with Crippen molar-refractivity contribution in [2.45, 2.75) is 0 Å². The maximum atomic E-state index is 5.07. The predicted molar refractivity (Wildman–Crippen MR) is 30.6 cm³/mol. The van der Waals surface area contributed by atoms with Gasteiger partial charge in [0.1, 0.15) is 0 Å². The fourth-order valence-electron chi connectivity index (χ4n) is 0.0986. The molecule has 0 amide bonds. The molecule has 0 aromatic heterocycles. The van der Waals surface area contributed by atoms with Crippen molar-refractivity contribution in [2.24, 2.45) is 10.5 Å². The van der Waals surface area contributed by atoms with Gasteiger partial charge in [0.25, 0.3) is 0 Å². The van der Waals surface area contributed by atoms with Crippen molar-refractivity contribution < 1.29 is 0 Å². The summed E-state index contributed by atoms with van der Waals surface area (Å²) in [5.74, 6) is 0. The fraction of sp³-hybridized carbons (Fsp3) is 1.00. The van der Waals surface area contributed by atoms with Gasteiger partial charge in [-0.1, -0.05) is 0 Å². The molecular weight excluding hydrogens is 115 g/mol. The van der Waals surface area contributed by atoms with Crippen molar-refractivity contribution in [1.29, 1.82) is 0 Å². The van der Waals surface area contributed by atoms with Crippen molar-refractivity contribution in [1.82, 2.24) is 0 Å². The van der Waals surface area contributed by atoms with Gasteiger partial charge in [0.05, 0.1) is 0 Å². The molecule has 0 aliphatic rings. The Morgan fingerprint density at radius 2 is 2.50 bits per heavy atom. The second kappa shape index (κ2) is 5.41. The van der Waals surface area contributed by atoms with Gasteiger partial charge in [0.15, 0.2) is 0 Å². The molecule has 2 nitrogen and oxygen atoms in total. The van der Waals surface area contributed by atoms with Crippen LogP contribution in [-0.4, -0.2) is 13.1 Å². The third-order valence-corrected chi connectivity index (χ3v) is 0.949. The van der Waals surface area contributed by atoms with Crippen LogP contribution in [0.5, 0.6) is 0 Å². The van der Waals surface area contributed by atoms with E-state index in [4.69, 9.17) is 5.73 Å². The first-order valence-electron chi connectivity index (χ1n) is 1.61. The Morgan fingerprint density at radius 3 is 2.67 bits per heavy atom. The Morgan fingerprint density at radius 1 is 1.83 bits per heavy atom. The first-order valence-corrected chi connectivity index (χ1v) is 3.47. The average Bonchev–Trinajstić information content (AvgIpc) is 1.61. The molecule has 0 aliphatic heterocycles. The van der Waals surface area contributed by atoms with Crippen LogP contribution < -0.4 is 5.73 Å². The Bertz CT molecular complexity index is 67.9. The standard InChI is InChI=1S/C2H6N2PS/c3-1-2-4-5-6/h1-3H2/q+1. The van der Waals surface area contributed by atoms with E-state index in [9.17, 15) is 0 Å². The van der Waals surface area contributed by atoms with E-state index in [-0.39, 0.29) is 0 Å². The zero-order chi connectivity index (χ0) is 4.83. The Labute approximate surface area is 43.3 Å². The van der Waals surface area contributed by atoms with Gasteiger partial charge in [-0.05, 0) is 0 Å². The summed E-state index contributed by atoms with van der Waals surface area (Å²) >= 11 is 4.47. The van der Waals surface area contributed by atoms with Gasteiger partial charge >= 0.3 is 42.5 Å².